The second-order valence-electron chi connectivity index (χ2n) is 4.24. The highest BCUT2D eigenvalue weighted by atomic mass is 127. The van der Waals surface area contributed by atoms with Gasteiger partial charge in [-0.2, -0.15) is 0 Å². The van der Waals surface area contributed by atoms with Crippen molar-refractivity contribution in [2.45, 2.75) is 18.6 Å². The Bertz CT molecular complexity index is 602. The number of amides is 1. The van der Waals surface area contributed by atoms with E-state index in [1.165, 1.54) is 4.90 Å². The average Bonchev–Trinajstić information content (AvgIpc) is 2.64. The lowest BCUT2D eigenvalue weighted by Crippen LogP contribution is -2.27. The second-order valence-corrected chi connectivity index (χ2v) is 8.39. The largest absolute Gasteiger partial charge is 0.311 e. The summed E-state index contributed by atoms with van der Waals surface area (Å²) in [4.78, 5) is 13.4. The van der Waals surface area contributed by atoms with Gasteiger partial charge in [-0.15, -0.1) is 0 Å². The molecule has 1 heterocycles. The first-order chi connectivity index (χ1) is 8.29. The molecule has 7 heteroatoms. The zero-order valence-electron chi connectivity index (χ0n) is 9.56. The summed E-state index contributed by atoms with van der Waals surface area (Å²) in [5.41, 5.74) is 1.70. The summed E-state index contributed by atoms with van der Waals surface area (Å²) in [6.07, 6.45) is -0.0449. The molecule has 0 aliphatic carbocycles. The van der Waals surface area contributed by atoms with Gasteiger partial charge in [0.25, 0.3) is 0 Å². The molecule has 98 valence electrons. The molecule has 4 nitrogen and oxygen atoms in total. The zero-order valence-corrected chi connectivity index (χ0v) is 13.3. The summed E-state index contributed by atoms with van der Waals surface area (Å²) in [7, 11) is 1.63. The molecular weight excluding hydrogens is 389 g/mol. The van der Waals surface area contributed by atoms with Crippen molar-refractivity contribution >= 4 is 53.9 Å². The molecule has 1 amide bonds. The molecule has 2 rings (SSSR count). The number of carbonyl (C=O) groups is 1. The maximum absolute atomic E-state index is 11.9. The van der Waals surface area contributed by atoms with Gasteiger partial charge < -0.3 is 4.90 Å². The molecule has 1 atom stereocenters. The molecule has 1 fully saturated rings. The SMILES string of the molecule is Cc1ccc(I)cc1N1CC(S(=O)(=O)Cl)CC1=O. The molecular formula is C11H11ClINO3S. The van der Waals surface area contributed by atoms with Crippen LogP contribution in [-0.4, -0.2) is 26.1 Å². The van der Waals surface area contributed by atoms with Crippen LogP contribution in [0.25, 0.3) is 0 Å². The van der Waals surface area contributed by atoms with Gasteiger partial charge in [0.2, 0.25) is 15.0 Å². The topological polar surface area (TPSA) is 54.5 Å². The van der Waals surface area contributed by atoms with Gasteiger partial charge in [-0.05, 0) is 47.2 Å². The normalized spacial score (nSPS) is 20.5. The fourth-order valence-corrected chi connectivity index (χ4v) is 3.47. The summed E-state index contributed by atoms with van der Waals surface area (Å²) in [6.45, 7) is 2.02. The van der Waals surface area contributed by atoms with E-state index in [0.29, 0.717) is 0 Å². The van der Waals surface area contributed by atoms with Crippen molar-refractivity contribution in [3.8, 4) is 0 Å². The maximum Gasteiger partial charge on any atom is 0.237 e. The van der Waals surface area contributed by atoms with Crippen LogP contribution in [0.5, 0.6) is 0 Å². The average molecular weight is 400 g/mol. The highest BCUT2D eigenvalue weighted by Gasteiger charge is 2.38. The quantitative estimate of drug-likeness (QED) is 0.566. The van der Waals surface area contributed by atoms with Crippen molar-refractivity contribution in [1.29, 1.82) is 0 Å². The molecule has 0 radical (unpaired) electrons. The Labute approximate surface area is 124 Å². The number of aryl methyl sites for hydroxylation is 1. The van der Waals surface area contributed by atoms with Gasteiger partial charge in [0.15, 0.2) is 0 Å². The van der Waals surface area contributed by atoms with Gasteiger partial charge in [0.05, 0.1) is 0 Å². The third-order valence-electron chi connectivity index (χ3n) is 2.95. The van der Waals surface area contributed by atoms with Crippen LogP contribution in [0.1, 0.15) is 12.0 Å². The predicted octanol–water partition coefficient (Wildman–Crippen LogP) is 2.27. The lowest BCUT2D eigenvalue weighted by atomic mass is 10.2. The highest BCUT2D eigenvalue weighted by molar-refractivity contribution is 14.1. The van der Waals surface area contributed by atoms with Crippen molar-refractivity contribution < 1.29 is 13.2 Å². The smallest absolute Gasteiger partial charge is 0.237 e. The third kappa shape index (κ3) is 2.80. The van der Waals surface area contributed by atoms with E-state index in [2.05, 4.69) is 22.6 Å². The first-order valence-corrected chi connectivity index (χ1v) is 8.74. The molecule has 1 saturated heterocycles. The van der Waals surface area contributed by atoms with Crippen LogP contribution in [0.2, 0.25) is 0 Å². The van der Waals surface area contributed by atoms with Gasteiger partial charge in [-0.3, -0.25) is 4.79 Å². The molecule has 0 saturated carbocycles. The van der Waals surface area contributed by atoms with Gasteiger partial charge in [0, 0.05) is 32.9 Å². The van der Waals surface area contributed by atoms with Gasteiger partial charge >= 0.3 is 0 Å². The van der Waals surface area contributed by atoms with Crippen molar-refractivity contribution in [3.63, 3.8) is 0 Å². The minimum atomic E-state index is -3.69. The van der Waals surface area contributed by atoms with Crippen molar-refractivity contribution in [1.82, 2.24) is 0 Å². The molecule has 18 heavy (non-hydrogen) atoms. The van der Waals surface area contributed by atoms with E-state index in [-0.39, 0.29) is 18.9 Å². The van der Waals surface area contributed by atoms with E-state index in [4.69, 9.17) is 10.7 Å². The third-order valence-corrected chi connectivity index (χ3v) is 5.49. The molecule has 1 aromatic carbocycles. The van der Waals surface area contributed by atoms with E-state index in [0.717, 1.165) is 14.8 Å². The summed E-state index contributed by atoms with van der Waals surface area (Å²) >= 11 is 2.15. The van der Waals surface area contributed by atoms with Crippen LogP contribution in [-0.2, 0) is 13.8 Å². The number of hydrogen-bond acceptors (Lipinski definition) is 3. The lowest BCUT2D eigenvalue weighted by Gasteiger charge is -2.19. The fourth-order valence-electron chi connectivity index (χ4n) is 1.97. The number of hydrogen-bond donors (Lipinski definition) is 0. The molecule has 0 bridgehead atoms. The van der Waals surface area contributed by atoms with E-state index in [9.17, 15) is 13.2 Å². The molecule has 1 aliphatic rings. The number of anilines is 1. The molecule has 0 spiro atoms. The molecule has 0 aromatic heterocycles. The number of halogens is 2. The van der Waals surface area contributed by atoms with Gasteiger partial charge in [0.1, 0.15) is 5.25 Å². The first kappa shape index (κ1) is 14.1. The molecule has 1 unspecified atom stereocenters. The van der Waals surface area contributed by atoms with Gasteiger partial charge in [-0.25, -0.2) is 8.42 Å². The van der Waals surface area contributed by atoms with Crippen LogP contribution in [0.15, 0.2) is 18.2 Å². The minimum Gasteiger partial charge on any atom is -0.311 e. The minimum absolute atomic E-state index is 0.0449. The standard InChI is InChI=1S/C11H11ClINO3S/c1-7-2-3-8(13)4-10(7)14-6-9(5-11(14)15)18(12,16)17/h2-4,9H,5-6H2,1H3. The van der Waals surface area contributed by atoms with E-state index < -0.39 is 14.3 Å². The Balaban J connectivity index is 2.35. The van der Waals surface area contributed by atoms with E-state index in [1.807, 2.05) is 25.1 Å². The van der Waals surface area contributed by atoms with Crippen molar-refractivity contribution in [2.75, 3.05) is 11.4 Å². The molecule has 1 aromatic rings. The second kappa shape index (κ2) is 4.97. The zero-order chi connectivity index (χ0) is 13.5. The summed E-state index contributed by atoms with van der Waals surface area (Å²) in [6, 6.07) is 5.72. The van der Waals surface area contributed by atoms with Crippen LogP contribution in [0.3, 0.4) is 0 Å². The highest BCUT2D eigenvalue weighted by Crippen LogP contribution is 2.30. The summed E-state index contributed by atoms with van der Waals surface area (Å²) in [5, 5.41) is -0.816. The maximum atomic E-state index is 11.9. The Hall–Kier alpha value is -0.340. The molecule has 0 N–H and O–H groups in total. The van der Waals surface area contributed by atoms with Crippen molar-refractivity contribution in [2.24, 2.45) is 0 Å². The van der Waals surface area contributed by atoms with Crippen LogP contribution < -0.4 is 4.90 Å². The first-order valence-electron chi connectivity index (χ1n) is 5.29. The van der Waals surface area contributed by atoms with Crippen LogP contribution in [0.4, 0.5) is 5.69 Å². The molecule has 1 aliphatic heterocycles. The van der Waals surface area contributed by atoms with E-state index in [1.54, 1.807) is 0 Å². The van der Waals surface area contributed by atoms with Crippen LogP contribution >= 0.6 is 33.3 Å². The number of carbonyl (C=O) groups excluding carboxylic acids is 1. The predicted molar refractivity (Wildman–Crippen MR) is 79.4 cm³/mol. The Kier molecular flexibility index (Phi) is 3.89. The summed E-state index contributed by atoms with van der Waals surface area (Å²) < 4.78 is 23.6. The van der Waals surface area contributed by atoms with Gasteiger partial charge in [-0.1, -0.05) is 6.07 Å². The van der Waals surface area contributed by atoms with E-state index >= 15 is 0 Å². The number of rotatable bonds is 2. The Morgan fingerprint density at radius 3 is 2.67 bits per heavy atom. The summed E-state index contributed by atoms with van der Waals surface area (Å²) in [5.74, 6) is -0.200. The Morgan fingerprint density at radius 1 is 1.44 bits per heavy atom. The number of nitrogens with zero attached hydrogens (tertiary/aromatic N) is 1. The van der Waals surface area contributed by atoms with Crippen LogP contribution in [0, 0.1) is 10.5 Å². The number of benzene rings is 1. The monoisotopic (exact) mass is 399 g/mol. The lowest BCUT2D eigenvalue weighted by molar-refractivity contribution is -0.117. The van der Waals surface area contributed by atoms with Crippen molar-refractivity contribution in [3.05, 3.63) is 27.3 Å². The Morgan fingerprint density at radius 2 is 2.11 bits per heavy atom. The fraction of sp³-hybridized carbons (Fsp3) is 0.364.